The normalized spacial score (nSPS) is 12.9. The van der Waals surface area contributed by atoms with Crippen molar-refractivity contribution in [3.8, 4) is 0 Å². The van der Waals surface area contributed by atoms with Crippen LogP contribution < -0.4 is 5.56 Å². The molecule has 0 aromatic carbocycles. The van der Waals surface area contributed by atoms with Gasteiger partial charge in [0, 0.05) is 6.07 Å². The van der Waals surface area contributed by atoms with Crippen molar-refractivity contribution in [2.45, 2.75) is 19.3 Å². The number of pyridine rings is 1. The number of hydrogen-bond acceptors (Lipinski definition) is 1. The van der Waals surface area contributed by atoms with Crippen LogP contribution in [0.1, 0.15) is 16.8 Å². The van der Waals surface area contributed by atoms with Gasteiger partial charge in [-0.3, -0.25) is 4.79 Å². The van der Waals surface area contributed by atoms with Crippen LogP contribution in [0.4, 0.5) is 26.3 Å². The summed E-state index contributed by atoms with van der Waals surface area (Å²) >= 11 is 0. The highest BCUT2D eigenvalue weighted by molar-refractivity contribution is 5.32. The molecule has 0 fully saturated rings. The SMILES string of the molecule is Cc1c(C(F)(F)F)cc(=O)[nH]c1C(F)(F)F. The van der Waals surface area contributed by atoms with Gasteiger partial charge in [0.05, 0.1) is 5.56 Å². The first-order valence-electron chi connectivity index (χ1n) is 3.92. The first-order chi connectivity index (χ1) is 7.03. The lowest BCUT2D eigenvalue weighted by Crippen LogP contribution is -2.23. The zero-order valence-corrected chi connectivity index (χ0v) is 7.75. The van der Waals surface area contributed by atoms with Crippen LogP contribution in [0.15, 0.2) is 10.9 Å². The summed E-state index contributed by atoms with van der Waals surface area (Å²) in [6, 6.07) is 0.102. The Balaban J connectivity index is 3.57. The number of H-pyrrole nitrogens is 1. The fourth-order valence-corrected chi connectivity index (χ4v) is 1.20. The standard InChI is InChI=1S/C8H5F6NO/c1-3-4(7(9,10)11)2-5(16)15-6(3)8(12,13)14/h2H,1H3,(H,15,16). The minimum absolute atomic E-state index is 0.102. The Bertz CT molecular complexity index is 417. The lowest BCUT2D eigenvalue weighted by Gasteiger charge is -2.14. The van der Waals surface area contributed by atoms with Crippen LogP contribution in [0, 0.1) is 6.92 Å². The summed E-state index contributed by atoms with van der Waals surface area (Å²) in [7, 11) is 0. The number of rotatable bonds is 0. The predicted octanol–water partition coefficient (Wildman–Crippen LogP) is 2.72. The average molecular weight is 245 g/mol. The molecule has 1 N–H and O–H groups in total. The lowest BCUT2D eigenvalue weighted by molar-refractivity contribution is -0.146. The monoisotopic (exact) mass is 245 g/mol. The molecule has 1 heterocycles. The van der Waals surface area contributed by atoms with Crippen molar-refractivity contribution in [1.82, 2.24) is 4.98 Å². The molecule has 0 aliphatic rings. The zero-order chi connectivity index (χ0) is 12.7. The third-order valence-corrected chi connectivity index (χ3v) is 1.89. The quantitative estimate of drug-likeness (QED) is 0.700. The molecule has 0 bridgehead atoms. The van der Waals surface area contributed by atoms with Crippen LogP contribution >= 0.6 is 0 Å². The molecule has 0 saturated heterocycles. The molecule has 16 heavy (non-hydrogen) atoms. The van der Waals surface area contributed by atoms with E-state index in [1.54, 1.807) is 0 Å². The van der Waals surface area contributed by atoms with Crippen molar-refractivity contribution in [3.05, 3.63) is 33.2 Å². The molecular formula is C8H5F6NO. The van der Waals surface area contributed by atoms with Crippen LogP contribution in [0.25, 0.3) is 0 Å². The third kappa shape index (κ3) is 2.37. The molecule has 0 aliphatic carbocycles. The van der Waals surface area contributed by atoms with Crippen LogP contribution in [-0.2, 0) is 12.4 Å². The maximum absolute atomic E-state index is 12.3. The van der Waals surface area contributed by atoms with Gasteiger partial charge < -0.3 is 4.98 Å². The molecule has 1 aromatic rings. The second-order valence-corrected chi connectivity index (χ2v) is 3.04. The Morgan fingerprint density at radius 3 is 1.94 bits per heavy atom. The molecule has 0 atom stereocenters. The number of aromatic amines is 1. The maximum atomic E-state index is 12.3. The van der Waals surface area contributed by atoms with Crippen molar-refractivity contribution in [2.75, 3.05) is 0 Å². The van der Waals surface area contributed by atoms with E-state index in [9.17, 15) is 31.1 Å². The van der Waals surface area contributed by atoms with E-state index in [0.29, 0.717) is 6.92 Å². The topological polar surface area (TPSA) is 32.9 Å². The minimum atomic E-state index is -5.02. The highest BCUT2D eigenvalue weighted by Gasteiger charge is 2.40. The number of halogens is 6. The smallest absolute Gasteiger partial charge is 0.318 e. The van der Waals surface area contributed by atoms with E-state index in [1.165, 1.54) is 4.98 Å². The van der Waals surface area contributed by atoms with Crippen molar-refractivity contribution in [1.29, 1.82) is 0 Å². The Morgan fingerprint density at radius 1 is 1.06 bits per heavy atom. The van der Waals surface area contributed by atoms with Gasteiger partial charge in [0.25, 0.3) is 0 Å². The predicted molar refractivity (Wildman–Crippen MR) is 41.8 cm³/mol. The second-order valence-electron chi connectivity index (χ2n) is 3.04. The summed E-state index contributed by atoms with van der Waals surface area (Å²) in [4.78, 5) is 12.0. The Labute approximate surface area is 84.9 Å². The van der Waals surface area contributed by atoms with Gasteiger partial charge in [-0.1, -0.05) is 0 Å². The van der Waals surface area contributed by atoms with E-state index >= 15 is 0 Å². The van der Waals surface area contributed by atoms with E-state index in [-0.39, 0.29) is 6.07 Å². The van der Waals surface area contributed by atoms with Gasteiger partial charge in [-0.2, -0.15) is 26.3 Å². The Hall–Kier alpha value is -1.47. The molecule has 0 radical (unpaired) electrons. The number of nitrogens with one attached hydrogen (secondary N) is 1. The van der Waals surface area contributed by atoms with Gasteiger partial charge in [0.2, 0.25) is 5.56 Å². The molecule has 8 heteroatoms. The number of aromatic nitrogens is 1. The summed E-state index contributed by atoms with van der Waals surface area (Å²) in [6.07, 6.45) is -10.0. The molecule has 1 aromatic heterocycles. The molecule has 0 aliphatic heterocycles. The number of alkyl halides is 6. The highest BCUT2D eigenvalue weighted by atomic mass is 19.4. The van der Waals surface area contributed by atoms with Crippen molar-refractivity contribution in [2.24, 2.45) is 0 Å². The van der Waals surface area contributed by atoms with E-state index < -0.39 is 34.7 Å². The zero-order valence-electron chi connectivity index (χ0n) is 7.75. The second kappa shape index (κ2) is 3.53. The summed E-state index contributed by atoms with van der Waals surface area (Å²) in [5.41, 5.74) is -5.74. The third-order valence-electron chi connectivity index (χ3n) is 1.89. The molecule has 0 saturated carbocycles. The first kappa shape index (κ1) is 12.6. The summed E-state index contributed by atoms with van der Waals surface area (Å²) < 4.78 is 73.6. The van der Waals surface area contributed by atoms with Gasteiger partial charge in [-0.05, 0) is 12.5 Å². The molecule has 90 valence electrons. The Morgan fingerprint density at radius 2 is 1.56 bits per heavy atom. The molecule has 0 amide bonds. The van der Waals surface area contributed by atoms with Gasteiger partial charge in [0.1, 0.15) is 5.69 Å². The van der Waals surface area contributed by atoms with Gasteiger partial charge >= 0.3 is 12.4 Å². The largest absolute Gasteiger partial charge is 0.431 e. The molecular weight excluding hydrogens is 240 g/mol. The summed E-state index contributed by atoms with van der Waals surface area (Å²) in [5.74, 6) is 0. The lowest BCUT2D eigenvalue weighted by atomic mass is 10.1. The summed E-state index contributed by atoms with van der Waals surface area (Å²) in [5, 5.41) is 0. The average Bonchev–Trinajstić information content (AvgIpc) is 2.04. The van der Waals surface area contributed by atoms with Crippen molar-refractivity contribution >= 4 is 0 Å². The van der Waals surface area contributed by atoms with Crippen molar-refractivity contribution in [3.63, 3.8) is 0 Å². The fraction of sp³-hybridized carbons (Fsp3) is 0.375. The Kier molecular flexibility index (Phi) is 2.78. The molecule has 2 nitrogen and oxygen atoms in total. The van der Waals surface area contributed by atoms with Crippen LogP contribution in [0.2, 0.25) is 0 Å². The van der Waals surface area contributed by atoms with E-state index in [2.05, 4.69) is 0 Å². The van der Waals surface area contributed by atoms with Gasteiger partial charge in [-0.25, -0.2) is 0 Å². The molecule has 0 unspecified atom stereocenters. The fourth-order valence-electron chi connectivity index (χ4n) is 1.20. The van der Waals surface area contributed by atoms with Gasteiger partial charge in [0.15, 0.2) is 0 Å². The van der Waals surface area contributed by atoms with E-state index in [1.807, 2.05) is 0 Å². The van der Waals surface area contributed by atoms with Gasteiger partial charge in [-0.15, -0.1) is 0 Å². The minimum Gasteiger partial charge on any atom is -0.318 e. The van der Waals surface area contributed by atoms with E-state index in [0.717, 1.165) is 0 Å². The van der Waals surface area contributed by atoms with Crippen molar-refractivity contribution < 1.29 is 26.3 Å². The first-order valence-corrected chi connectivity index (χ1v) is 3.92. The number of hydrogen-bond donors (Lipinski definition) is 1. The molecule has 1 rings (SSSR count). The summed E-state index contributed by atoms with van der Waals surface area (Å²) in [6.45, 7) is 0.654. The maximum Gasteiger partial charge on any atom is 0.431 e. The van der Waals surface area contributed by atoms with Crippen LogP contribution in [0.5, 0.6) is 0 Å². The van der Waals surface area contributed by atoms with E-state index in [4.69, 9.17) is 0 Å². The molecule has 0 spiro atoms. The highest BCUT2D eigenvalue weighted by Crippen LogP contribution is 2.36. The van der Waals surface area contributed by atoms with Crippen LogP contribution in [0.3, 0.4) is 0 Å². The van der Waals surface area contributed by atoms with Crippen LogP contribution in [-0.4, -0.2) is 4.98 Å².